The molecule has 1 aromatic rings. The minimum absolute atomic E-state index is 0.00666. The van der Waals surface area contributed by atoms with E-state index in [1.165, 1.54) is 17.0 Å². The Morgan fingerprint density at radius 1 is 1.47 bits per heavy atom. The van der Waals surface area contributed by atoms with Crippen LogP contribution in [0.1, 0.15) is 20.8 Å². The largest absolute Gasteiger partial charge is 0.490 e. The maximum Gasteiger partial charge on any atom is 0.322 e. The Kier molecular flexibility index (Phi) is 3.64. The quantitative estimate of drug-likeness (QED) is 0.849. The van der Waals surface area contributed by atoms with E-state index < -0.39 is 0 Å². The summed E-state index contributed by atoms with van der Waals surface area (Å²) in [5.74, 6) is 0.163. The van der Waals surface area contributed by atoms with Crippen LogP contribution in [-0.4, -0.2) is 25.7 Å². The van der Waals surface area contributed by atoms with Crippen molar-refractivity contribution >= 4 is 11.7 Å². The first kappa shape index (κ1) is 13.6. The number of hydrogen-bond donors (Lipinski definition) is 1. The van der Waals surface area contributed by atoms with Gasteiger partial charge in [-0.3, -0.25) is 4.90 Å². The maximum absolute atomic E-state index is 13.3. The van der Waals surface area contributed by atoms with Gasteiger partial charge in [0.2, 0.25) is 0 Å². The number of halogens is 1. The summed E-state index contributed by atoms with van der Waals surface area (Å²) < 4.78 is 18.7. The van der Waals surface area contributed by atoms with Gasteiger partial charge in [-0.1, -0.05) is 20.8 Å². The Balaban J connectivity index is 2.14. The third-order valence-electron chi connectivity index (χ3n) is 2.80. The number of hydrogen-bond acceptors (Lipinski definition) is 2. The van der Waals surface area contributed by atoms with E-state index in [1.807, 2.05) is 20.8 Å². The van der Waals surface area contributed by atoms with E-state index in [1.54, 1.807) is 6.07 Å². The third kappa shape index (κ3) is 3.36. The lowest BCUT2D eigenvalue weighted by atomic mass is 9.97. The molecule has 4 nitrogen and oxygen atoms in total. The number of rotatable bonds is 1. The molecule has 1 aromatic carbocycles. The molecule has 0 bridgehead atoms. The molecule has 0 aromatic heterocycles. The van der Waals surface area contributed by atoms with Gasteiger partial charge in [0.1, 0.15) is 18.2 Å². The number of benzene rings is 1. The highest BCUT2D eigenvalue weighted by molar-refractivity contribution is 5.94. The predicted octanol–water partition coefficient (Wildman–Crippen LogP) is 2.78. The highest BCUT2D eigenvalue weighted by Gasteiger charge is 2.25. The zero-order valence-electron chi connectivity index (χ0n) is 11.5. The predicted molar refractivity (Wildman–Crippen MR) is 72.1 cm³/mol. The molecule has 0 aliphatic carbocycles. The SMILES string of the molecule is CC(C)(C)CNC(=O)N1CCOc2ccc(F)cc21. The lowest BCUT2D eigenvalue weighted by Gasteiger charge is -2.30. The lowest BCUT2D eigenvalue weighted by molar-refractivity contribution is 0.235. The first-order valence-electron chi connectivity index (χ1n) is 6.34. The van der Waals surface area contributed by atoms with Crippen LogP contribution in [0.15, 0.2) is 18.2 Å². The van der Waals surface area contributed by atoms with E-state index in [-0.39, 0.29) is 17.3 Å². The number of nitrogens with zero attached hydrogens (tertiary/aromatic N) is 1. The van der Waals surface area contributed by atoms with Crippen molar-refractivity contribution in [3.05, 3.63) is 24.0 Å². The van der Waals surface area contributed by atoms with Crippen molar-refractivity contribution in [2.45, 2.75) is 20.8 Å². The topological polar surface area (TPSA) is 41.6 Å². The van der Waals surface area contributed by atoms with Gasteiger partial charge in [0, 0.05) is 12.6 Å². The normalized spacial score (nSPS) is 14.6. The van der Waals surface area contributed by atoms with Crippen molar-refractivity contribution in [3.63, 3.8) is 0 Å². The van der Waals surface area contributed by atoms with Crippen molar-refractivity contribution in [1.82, 2.24) is 5.32 Å². The number of anilines is 1. The van der Waals surface area contributed by atoms with Gasteiger partial charge < -0.3 is 10.1 Å². The second-order valence-electron chi connectivity index (χ2n) is 5.83. The molecule has 0 unspecified atom stereocenters. The van der Waals surface area contributed by atoms with E-state index in [0.29, 0.717) is 31.1 Å². The highest BCUT2D eigenvalue weighted by Crippen LogP contribution is 2.32. The number of ether oxygens (including phenoxy) is 1. The van der Waals surface area contributed by atoms with Gasteiger partial charge in [-0.15, -0.1) is 0 Å². The summed E-state index contributed by atoms with van der Waals surface area (Å²) in [6.07, 6.45) is 0. The molecule has 0 saturated carbocycles. The zero-order chi connectivity index (χ0) is 14.0. The first-order chi connectivity index (χ1) is 8.87. The molecule has 1 aliphatic heterocycles. The van der Waals surface area contributed by atoms with Crippen LogP contribution in [0.25, 0.3) is 0 Å². The first-order valence-corrected chi connectivity index (χ1v) is 6.34. The Hall–Kier alpha value is -1.78. The third-order valence-corrected chi connectivity index (χ3v) is 2.80. The molecule has 0 spiro atoms. The average Bonchev–Trinajstić information content (AvgIpc) is 2.34. The zero-order valence-corrected chi connectivity index (χ0v) is 11.5. The van der Waals surface area contributed by atoms with Crippen molar-refractivity contribution in [1.29, 1.82) is 0 Å². The van der Waals surface area contributed by atoms with Gasteiger partial charge in [-0.2, -0.15) is 0 Å². The number of nitrogens with one attached hydrogen (secondary N) is 1. The van der Waals surface area contributed by atoms with Gasteiger partial charge in [0.25, 0.3) is 0 Å². The molecule has 2 amide bonds. The summed E-state index contributed by atoms with van der Waals surface area (Å²) in [4.78, 5) is 13.7. The second kappa shape index (κ2) is 5.07. The molecule has 1 aliphatic rings. The number of carbonyl (C=O) groups is 1. The lowest BCUT2D eigenvalue weighted by Crippen LogP contribution is -2.46. The Labute approximate surface area is 112 Å². The summed E-state index contributed by atoms with van der Waals surface area (Å²) in [6, 6.07) is 3.99. The monoisotopic (exact) mass is 266 g/mol. The number of amides is 2. The van der Waals surface area contributed by atoms with Crippen LogP contribution in [0.5, 0.6) is 5.75 Å². The molecule has 2 rings (SSSR count). The van der Waals surface area contributed by atoms with Crippen molar-refractivity contribution < 1.29 is 13.9 Å². The van der Waals surface area contributed by atoms with Crippen LogP contribution in [0.4, 0.5) is 14.9 Å². The maximum atomic E-state index is 13.3. The Morgan fingerprint density at radius 2 is 2.21 bits per heavy atom. The fourth-order valence-corrected chi connectivity index (χ4v) is 1.84. The number of carbonyl (C=O) groups excluding carboxylic acids is 1. The Morgan fingerprint density at radius 3 is 2.89 bits per heavy atom. The molecule has 104 valence electrons. The molecule has 5 heteroatoms. The molecule has 0 radical (unpaired) electrons. The minimum atomic E-state index is -0.377. The number of urea groups is 1. The molecule has 0 atom stereocenters. The van der Waals surface area contributed by atoms with Gasteiger partial charge in [-0.05, 0) is 17.5 Å². The van der Waals surface area contributed by atoms with Gasteiger partial charge in [0.15, 0.2) is 0 Å². The van der Waals surface area contributed by atoms with Crippen LogP contribution in [0, 0.1) is 11.2 Å². The average molecular weight is 266 g/mol. The fourth-order valence-electron chi connectivity index (χ4n) is 1.84. The second-order valence-corrected chi connectivity index (χ2v) is 5.83. The van der Waals surface area contributed by atoms with E-state index in [4.69, 9.17) is 4.74 Å². The summed E-state index contributed by atoms with van der Waals surface area (Å²) in [6.45, 7) is 7.53. The summed E-state index contributed by atoms with van der Waals surface area (Å²) in [5, 5.41) is 2.86. The van der Waals surface area contributed by atoms with Crippen molar-refractivity contribution in [3.8, 4) is 5.75 Å². The smallest absolute Gasteiger partial charge is 0.322 e. The van der Waals surface area contributed by atoms with Crippen LogP contribution in [-0.2, 0) is 0 Å². The molecular formula is C14H19FN2O2. The van der Waals surface area contributed by atoms with Crippen LogP contribution in [0.3, 0.4) is 0 Å². The Bertz CT molecular complexity index is 483. The van der Waals surface area contributed by atoms with E-state index >= 15 is 0 Å². The molecule has 0 fully saturated rings. The van der Waals surface area contributed by atoms with Crippen LogP contribution >= 0.6 is 0 Å². The molecule has 1 heterocycles. The minimum Gasteiger partial charge on any atom is -0.490 e. The van der Waals surface area contributed by atoms with Crippen LogP contribution < -0.4 is 15.0 Å². The summed E-state index contributed by atoms with van der Waals surface area (Å²) in [7, 11) is 0. The number of fused-ring (bicyclic) bond motifs is 1. The molecular weight excluding hydrogens is 247 g/mol. The fraction of sp³-hybridized carbons (Fsp3) is 0.500. The van der Waals surface area contributed by atoms with E-state index in [9.17, 15) is 9.18 Å². The van der Waals surface area contributed by atoms with Crippen LogP contribution in [0.2, 0.25) is 0 Å². The van der Waals surface area contributed by atoms with Crippen molar-refractivity contribution in [2.24, 2.45) is 5.41 Å². The summed E-state index contributed by atoms with van der Waals surface area (Å²) in [5.41, 5.74) is 0.491. The van der Waals surface area contributed by atoms with Crippen molar-refractivity contribution in [2.75, 3.05) is 24.6 Å². The van der Waals surface area contributed by atoms with Gasteiger partial charge in [-0.25, -0.2) is 9.18 Å². The highest BCUT2D eigenvalue weighted by atomic mass is 19.1. The molecule has 0 saturated heterocycles. The van der Waals surface area contributed by atoms with E-state index in [2.05, 4.69) is 5.32 Å². The van der Waals surface area contributed by atoms with Gasteiger partial charge >= 0.3 is 6.03 Å². The molecule has 1 N–H and O–H groups in total. The van der Waals surface area contributed by atoms with Gasteiger partial charge in [0.05, 0.1) is 12.2 Å². The molecule has 19 heavy (non-hydrogen) atoms. The van der Waals surface area contributed by atoms with E-state index in [0.717, 1.165) is 0 Å². The summed E-state index contributed by atoms with van der Waals surface area (Å²) >= 11 is 0. The standard InChI is InChI=1S/C14H19FN2O2/c1-14(2,3)9-16-13(18)17-6-7-19-12-5-4-10(15)8-11(12)17/h4-5,8H,6-7,9H2,1-3H3,(H,16,18).